The van der Waals surface area contributed by atoms with Gasteiger partial charge in [-0.05, 0) is 44.4 Å². The smallest absolute Gasteiger partial charge is 0.191 e. The van der Waals surface area contributed by atoms with Crippen LogP contribution in [0.25, 0.3) is 0 Å². The molecule has 0 atom stereocenters. The minimum atomic E-state index is 0. The summed E-state index contributed by atoms with van der Waals surface area (Å²) in [5.41, 5.74) is 0. The Bertz CT molecular complexity index is 505. The summed E-state index contributed by atoms with van der Waals surface area (Å²) in [5, 5.41) is 15.1. The van der Waals surface area contributed by atoms with Crippen molar-refractivity contribution in [3.05, 3.63) is 12.2 Å². The van der Waals surface area contributed by atoms with Crippen LogP contribution in [0.15, 0.2) is 11.3 Å². The van der Waals surface area contributed by atoms with Crippen molar-refractivity contribution in [2.24, 2.45) is 16.8 Å². The van der Waals surface area contributed by atoms with E-state index in [1.165, 1.54) is 25.7 Å². The first-order chi connectivity index (χ1) is 11.6. The van der Waals surface area contributed by atoms with Crippen LogP contribution in [0.2, 0.25) is 0 Å². The van der Waals surface area contributed by atoms with E-state index < -0.39 is 0 Å². The third-order valence-corrected chi connectivity index (χ3v) is 5.02. The van der Waals surface area contributed by atoms with Crippen LogP contribution in [-0.4, -0.2) is 39.9 Å². The Balaban J connectivity index is 0.00000312. The summed E-state index contributed by atoms with van der Waals surface area (Å²) in [6.45, 7) is 11.4. The van der Waals surface area contributed by atoms with Gasteiger partial charge in [-0.2, -0.15) is 0 Å². The van der Waals surface area contributed by atoms with Crippen molar-refractivity contribution in [1.82, 2.24) is 25.4 Å². The molecule has 1 aliphatic rings. The molecule has 0 bridgehead atoms. The summed E-state index contributed by atoms with van der Waals surface area (Å²) in [6.07, 6.45) is 7.85. The maximum atomic E-state index is 4.73. The first kappa shape index (κ1) is 22.2. The number of hydrogen-bond donors (Lipinski definition) is 2. The highest BCUT2D eigenvalue weighted by atomic mass is 127. The van der Waals surface area contributed by atoms with Gasteiger partial charge in [0.25, 0.3) is 0 Å². The molecule has 1 saturated carbocycles. The van der Waals surface area contributed by atoms with Crippen molar-refractivity contribution >= 4 is 29.9 Å². The van der Waals surface area contributed by atoms with Gasteiger partial charge in [-0.15, -0.1) is 34.2 Å². The minimum absolute atomic E-state index is 0. The van der Waals surface area contributed by atoms with Crippen LogP contribution >= 0.6 is 24.0 Å². The molecule has 0 aromatic carbocycles. The van der Waals surface area contributed by atoms with Crippen LogP contribution in [0.4, 0.5) is 0 Å². The predicted octanol–water partition coefficient (Wildman–Crippen LogP) is 3.23. The highest BCUT2D eigenvalue weighted by Crippen LogP contribution is 2.29. The zero-order valence-corrected chi connectivity index (χ0v) is 18.5. The Morgan fingerprint density at radius 1 is 1.28 bits per heavy atom. The number of nitrogens with zero attached hydrogens (tertiary/aromatic N) is 4. The second kappa shape index (κ2) is 11.7. The van der Waals surface area contributed by atoms with Crippen molar-refractivity contribution < 1.29 is 0 Å². The summed E-state index contributed by atoms with van der Waals surface area (Å²) in [4.78, 5) is 4.73. The van der Waals surface area contributed by atoms with E-state index >= 15 is 0 Å². The van der Waals surface area contributed by atoms with E-state index in [1.54, 1.807) is 6.33 Å². The second-order valence-corrected chi connectivity index (χ2v) is 7.05. The molecule has 2 N–H and O–H groups in total. The Morgan fingerprint density at radius 3 is 2.60 bits per heavy atom. The van der Waals surface area contributed by atoms with E-state index in [0.29, 0.717) is 6.04 Å². The van der Waals surface area contributed by atoms with Gasteiger partial charge in [-0.25, -0.2) is 0 Å². The molecule has 2 rings (SSSR count). The molecule has 6 nitrogen and oxygen atoms in total. The summed E-state index contributed by atoms with van der Waals surface area (Å²) in [6, 6.07) is 0.555. The predicted molar refractivity (Wildman–Crippen MR) is 115 cm³/mol. The molecule has 0 amide bonds. The molecule has 0 spiro atoms. The molecular weight excluding hydrogens is 427 g/mol. The van der Waals surface area contributed by atoms with E-state index in [9.17, 15) is 0 Å². The Kier molecular flexibility index (Phi) is 10.4. The minimum Gasteiger partial charge on any atom is -0.357 e. The maximum absolute atomic E-state index is 4.73. The third-order valence-electron chi connectivity index (χ3n) is 5.02. The lowest BCUT2D eigenvalue weighted by atomic mass is 9.80. The topological polar surface area (TPSA) is 67.1 Å². The van der Waals surface area contributed by atoms with Crippen LogP contribution in [-0.2, 0) is 13.0 Å². The molecule has 25 heavy (non-hydrogen) atoms. The van der Waals surface area contributed by atoms with Gasteiger partial charge in [0.05, 0.1) is 6.54 Å². The largest absolute Gasteiger partial charge is 0.357 e. The molecule has 1 heterocycles. The van der Waals surface area contributed by atoms with Gasteiger partial charge < -0.3 is 15.2 Å². The van der Waals surface area contributed by atoms with Gasteiger partial charge in [-0.3, -0.25) is 4.99 Å². The fraction of sp³-hybridized carbons (Fsp3) is 0.833. The molecule has 0 saturated heterocycles. The molecule has 1 aliphatic carbocycles. The third kappa shape index (κ3) is 7.11. The van der Waals surface area contributed by atoms with Crippen LogP contribution in [0.3, 0.4) is 0 Å². The summed E-state index contributed by atoms with van der Waals surface area (Å²) in [5.74, 6) is 3.67. The van der Waals surface area contributed by atoms with E-state index in [2.05, 4.69) is 53.1 Å². The molecule has 1 aromatic heterocycles. The number of halogens is 1. The van der Waals surface area contributed by atoms with Gasteiger partial charge in [0.15, 0.2) is 5.96 Å². The van der Waals surface area contributed by atoms with Crippen molar-refractivity contribution in [2.75, 3.05) is 13.1 Å². The average Bonchev–Trinajstić information content (AvgIpc) is 3.03. The molecule has 0 aliphatic heterocycles. The van der Waals surface area contributed by atoms with Gasteiger partial charge in [0, 0.05) is 25.6 Å². The summed E-state index contributed by atoms with van der Waals surface area (Å²) < 4.78 is 2.08. The average molecular weight is 462 g/mol. The fourth-order valence-electron chi connectivity index (χ4n) is 3.45. The number of rotatable bonds is 7. The Hall–Kier alpha value is -0.860. The first-order valence-electron chi connectivity index (χ1n) is 9.55. The van der Waals surface area contributed by atoms with Crippen molar-refractivity contribution in [3.8, 4) is 0 Å². The molecule has 1 fully saturated rings. The molecule has 7 heteroatoms. The van der Waals surface area contributed by atoms with Crippen LogP contribution in [0.1, 0.15) is 59.2 Å². The Labute approximate surface area is 169 Å². The molecular formula is C18H35IN6. The number of aryl methyl sites for hydroxylation is 1. The Morgan fingerprint density at radius 2 is 2.00 bits per heavy atom. The lowest BCUT2D eigenvalue weighted by molar-refractivity contribution is 0.250. The van der Waals surface area contributed by atoms with Crippen molar-refractivity contribution in [1.29, 1.82) is 0 Å². The second-order valence-electron chi connectivity index (χ2n) is 7.05. The lowest BCUT2D eigenvalue weighted by Crippen LogP contribution is -2.45. The standard InChI is InChI=1S/C18H34N6.HI/c1-5-17-23-21-13-24(17)12-11-20-18(19-6-2)22-16-9-7-15(8-10-16)14(3)4;/h13-16H,5-12H2,1-4H3,(H2,19,20,22);1H. The van der Waals surface area contributed by atoms with Crippen LogP contribution in [0, 0.1) is 11.8 Å². The molecule has 0 radical (unpaired) electrons. The van der Waals surface area contributed by atoms with Crippen molar-refractivity contribution in [2.45, 2.75) is 72.4 Å². The maximum Gasteiger partial charge on any atom is 0.191 e. The number of aliphatic imine (C=N–C) groups is 1. The molecule has 144 valence electrons. The van der Waals surface area contributed by atoms with E-state index in [-0.39, 0.29) is 24.0 Å². The highest BCUT2D eigenvalue weighted by Gasteiger charge is 2.23. The van der Waals surface area contributed by atoms with Crippen molar-refractivity contribution in [3.63, 3.8) is 0 Å². The quantitative estimate of drug-likeness (QED) is 0.371. The number of nitrogens with one attached hydrogen (secondary N) is 2. The lowest BCUT2D eigenvalue weighted by Gasteiger charge is -2.32. The molecule has 0 unspecified atom stereocenters. The molecule has 1 aromatic rings. The van der Waals surface area contributed by atoms with Gasteiger partial charge in [0.1, 0.15) is 12.2 Å². The van der Waals surface area contributed by atoms with Gasteiger partial charge in [0.2, 0.25) is 0 Å². The highest BCUT2D eigenvalue weighted by molar-refractivity contribution is 14.0. The van der Waals surface area contributed by atoms with E-state index in [4.69, 9.17) is 4.99 Å². The van der Waals surface area contributed by atoms with Gasteiger partial charge >= 0.3 is 0 Å². The SMILES string of the molecule is CCNC(=NCCn1cnnc1CC)NC1CCC(C(C)C)CC1.I. The van der Waals surface area contributed by atoms with E-state index in [1.807, 2.05) is 0 Å². The van der Waals surface area contributed by atoms with Crippen LogP contribution in [0.5, 0.6) is 0 Å². The number of hydrogen-bond acceptors (Lipinski definition) is 3. The van der Waals surface area contributed by atoms with E-state index in [0.717, 1.165) is 49.7 Å². The monoisotopic (exact) mass is 462 g/mol. The summed E-state index contributed by atoms with van der Waals surface area (Å²) >= 11 is 0. The number of guanidine groups is 1. The summed E-state index contributed by atoms with van der Waals surface area (Å²) in [7, 11) is 0. The fourth-order valence-corrected chi connectivity index (χ4v) is 3.45. The van der Waals surface area contributed by atoms with Crippen LogP contribution < -0.4 is 10.6 Å². The first-order valence-corrected chi connectivity index (χ1v) is 9.55. The zero-order chi connectivity index (χ0) is 17.4. The zero-order valence-electron chi connectivity index (χ0n) is 16.2. The number of aromatic nitrogens is 3. The van der Waals surface area contributed by atoms with Gasteiger partial charge in [-0.1, -0.05) is 20.8 Å². The normalized spacial score (nSPS) is 21.1.